The molecule has 0 aliphatic heterocycles. The summed E-state index contributed by atoms with van der Waals surface area (Å²) < 4.78 is 0. The van der Waals surface area contributed by atoms with Gasteiger partial charge in [0.05, 0.1) is 0 Å². The molecule has 0 N–H and O–H groups in total. The smallest absolute Gasteiger partial charge is 1.00 e. The van der Waals surface area contributed by atoms with Gasteiger partial charge in [-0.25, -0.2) is 0 Å². The Kier molecular flexibility index (Phi) is 674. The van der Waals surface area contributed by atoms with E-state index in [0.29, 0.717) is 0 Å². The van der Waals surface area contributed by atoms with E-state index in [1.807, 2.05) is 0 Å². The fraction of sp³-hybridized carbons (Fsp3) is 0. The standard InChI is InChI=1S/4ClH.Se/h4*1H;/q;;;;+4/p-4. The van der Waals surface area contributed by atoms with Crippen molar-refractivity contribution in [2.75, 3.05) is 0 Å². The Morgan fingerprint density at radius 3 is 0.400 bits per heavy atom. The quantitative estimate of drug-likeness (QED) is 0.356. The van der Waals surface area contributed by atoms with Crippen LogP contribution in [0.15, 0.2) is 0 Å². The third kappa shape index (κ3) is 27.3. The van der Waals surface area contributed by atoms with Crippen molar-refractivity contribution in [2.24, 2.45) is 0 Å². The predicted octanol–water partition coefficient (Wildman–Crippen LogP) is -12.4. The van der Waals surface area contributed by atoms with Crippen LogP contribution in [0.5, 0.6) is 0 Å². The third-order valence-electron chi connectivity index (χ3n) is 0. The van der Waals surface area contributed by atoms with Crippen LogP contribution in [0.3, 0.4) is 0 Å². The number of halogens is 4. The molecule has 0 aliphatic carbocycles. The molecule has 5 heteroatoms. The van der Waals surface area contributed by atoms with Crippen molar-refractivity contribution in [3.8, 4) is 0 Å². The van der Waals surface area contributed by atoms with Gasteiger partial charge in [-0.05, 0) is 0 Å². The van der Waals surface area contributed by atoms with Crippen molar-refractivity contribution >= 4 is 17.1 Å². The molecular formula is Cl4Se. The van der Waals surface area contributed by atoms with E-state index in [0.717, 1.165) is 0 Å². The molecule has 34 valence electrons. The fourth-order valence-electron chi connectivity index (χ4n) is 0. The average molecular weight is 221 g/mol. The summed E-state index contributed by atoms with van der Waals surface area (Å²) in [5.41, 5.74) is 0. The predicted molar refractivity (Wildman–Crippen MR) is 5.75 cm³/mol. The van der Waals surface area contributed by atoms with Crippen LogP contribution in [0.1, 0.15) is 0 Å². The SMILES string of the molecule is [Cl-].[Cl-].[Cl-].[Cl-].[Se+4]. The molecule has 0 amide bonds. The van der Waals surface area contributed by atoms with Gasteiger partial charge in [0.1, 0.15) is 0 Å². The number of hydrogen-bond donors (Lipinski definition) is 0. The van der Waals surface area contributed by atoms with E-state index >= 15 is 0 Å². The van der Waals surface area contributed by atoms with E-state index in [1.165, 1.54) is 0 Å². The van der Waals surface area contributed by atoms with Gasteiger partial charge in [-0.2, -0.15) is 0 Å². The van der Waals surface area contributed by atoms with E-state index in [-0.39, 0.29) is 66.7 Å². The minimum absolute atomic E-state index is 0. The van der Waals surface area contributed by atoms with E-state index in [2.05, 4.69) is 0 Å². The molecule has 0 aliphatic rings. The van der Waals surface area contributed by atoms with Crippen molar-refractivity contribution in [3.63, 3.8) is 0 Å². The number of hydrogen-bond acceptors (Lipinski definition) is 0. The molecule has 5 heavy (non-hydrogen) atoms. The first-order valence-corrected chi connectivity index (χ1v) is 0. The van der Waals surface area contributed by atoms with Crippen molar-refractivity contribution < 1.29 is 49.6 Å². The second-order valence-corrected chi connectivity index (χ2v) is 0. The maximum Gasteiger partial charge on any atom is 4.00 e. The zero-order valence-electron chi connectivity index (χ0n) is 1.92. The topological polar surface area (TPSA) is 0 Å². The molecule has 0 saturated heterocycles. The van der Waals surface area contributed by atoms with Crippen molar-refractivity contribution in [2.45, 2.75) is 0 Å². The Hall–Kier alpha value is 1.68. The summed E-state index contributed by atoms with van der Waals surface area (Å²) in [5, 5.41) is 0. The average Bonchev–Trinajstić information content (AvgIpc) is 0. The zero-order valence-corrected chi connectivity index (χ0v) is 6.66. The maximum absolute atomic E-state index is 0. The summed E-state index contributed by atoms with van der Waals surface area (Å²) >= 11 is 0. The molecule has 0 atom stereocenters. The van der Waals surface area contributed by atoms with Crippen LogP contribution in [0.2, 0.25) is 0 Å². The Balaban J connectivity index is 0. The Morgan fingerprint density at radius 2 is 0.400 bits per heavy atom. The summed E-state index contributed by atoms with van der Waals surface area (Å²) in [5.74, 6) is 0. The van der Waals surface area contributed by atoms with Gasteiger partial charge in [-0.1, -0.05) is 0 Å². The van der Waals surface area contributed by atoms with E-state index < -0.39 is 0 Å². The van der Waals surface area contributed by atoms with Crippen LogP contribution in [-0.4, -0.2) is 17.1 Å². The van der Waals surface area contributed by atoms with Crippen LogP contribution in [0.4, 0.5) is 0 Å². The molecule has 0 unspecified atom stereocenters. The molecule has 0 nitrogen and oxygen atoms in total. The summed E-state index contributed by atoms with van der Waals surface area (Å²) in [6.45, 7) is 0. The normalized spacial score (nSPS) is 0. The largest absolute Gasteiger partial charge is 4.00 e. The molecule has 0 rings (SSSR count). The minimum Gasteiger partial charge on any atom is -1.00 e. The van der Waals surface area contributed by atoms with Crippen molar-refractivity contribution in [1.29, 1.82) is 0 Å². The van der Waals surface area contributed by atoms with Crippen LogP contribution >= 0.6 is 0 Å². The Labute approximate surface area is 66.6 Å². The molecular weight excluding hydrogens is 221 g/mol. The molecule has 0 heterocycles. The van der Waals surface area contributed by atoms with Crippen LogP contribution in [0.25, 0.3) is 0 Å². The third-order valence-corrected chi connectivity index (χ3v) is 0. The van der Waals surface area contributed by atoms with Crippen molar-refractivity contribution in [1.82, 2.24) is 0 Å². The molecule has 0 aromatic heterocycles. The van der Waals surface area contributed by atoms with Gasteiger partial charge in [0.15, 0.2) is 0 Å². The fourth-order valence-corrected chi connectivity index (χ4v) is 0. The van der Waals surface area contributed by atoms with Gasteiger partial charge in [-0.15, -0.1) is 0 Å². The number of rotatable bonds is 0. The maximum atomic E-state index is 0. The Bertz CT molecular complexity index is 3.61. The van der Waals surface area contributed by atoms with Gasteiger partial charge in [-0.3, -0.25) is 0 Å². The minimum atomic E-state index is 0. The van der Waals surface area contributed by atoms with Gasteiger partial charge in [0.25, 0.3) is 0 Å². The van der Waals surface area contributed by atoms with E-state index in [1.54, 1.807) is 0 Å². The summed E-state index contributed by atoms with van der Waals surface area (Å²) in [6.07, 6.45) is 0. The monoisotopic (exact) mass is 220 g/mol. The van der Waals surface area contributed by atoms with Gasteiger partial charge in [0.2, 0.25) is 0 Å². The summed E-state index contributed by atoms with van der Waals surface area (Å²) in [6, 6.07) is 0. The molecule has 0 aromatic carbocycles. The zero-order chi connectivity index (χ0) is 0. The molecule has 2 radical (unpaired) electrons. The van der Waals surface area contributed by atoms with Gasteiger partial charge in [0, 0.05) is 0 Å². The van der Waals surface area contributed by atoms with E-state index in [9.17, 15) is 0 Å². The first-order valence-electron chi connectivity index (χ1n) is 0. The second kappa shape index (κ2) is 44.1. The summed E-state index contributed by atoms with van der Waals surface area (Å²) in [4.78, 5) is 0. The van der Waals surface area contributed by atoms with Gasteiger partial charge >= 0.3 is 17.1 Å². The van der Waals surface area contributed by atoms with Gasteiger partial charge < -0.3 is 49.6 Å². The molecule has 0 saturated carbocycles. The first kappa shape index (κ1) is 76.4. The Morgan fingerprint density at radius 1 is 0.400 bits per heavy atom. The molecule has 0 fully saturated rings. The molecule has 0 spiro atoms. The molecule has 0 bridgehead atoms. The second-order valence-electron chi connectivity index (χ2n) is 0. The molecule has 0 aromatic rings. The first-order chi connectivity index (χ1) is 0. The van der Waals surface area contributed by atoms with Crippen molar-refractivity contribution in [3.05, 3.63) is 0 Å². The summed E-state index contributed by atoms with van der Waals surface area (Å²) in [7, 11) is 0. The van der Waals surface area contributed by atoms with Crippen LogP contribution < -0.4 is 49.6 Å². The van der Waals surface area contributed by atoms with E-state index in [4.69, 9.17) is 0 Å². The van der Waals surface area contributed by atoms with Crippen LogP contribution in [-0.2, 0) is 0 Å². The van der Waals surface area contributed by atoms with Crippen LogP contribution in [0, 0.1) is 0 Å².